The highest BCUT2D eigenvalue weighted by atomic mass is 19.4. The number of nitrogens with one attached hydrogen (secondary N) is 1. The summed E-state index contributed by atoms with van der Waals surface area (Å²) in [6, 6.07) is 19.8. The molecule has 0 bridgehead atoms. The summed E-state index contributed by atoms with van der Waals surface area (Å²) < 4.78 is 49.6. The number of aromatic nitrogens is 3. The van der Waals surface area contributed by atoms with Gasteiger partial charge in [-0.1, -0.05) is 30.3 Å². The summed E-state index contributed by atoms with van der Waals surface area (Å²) in [7, 11) is 0. The predicted octanol–water partition coefficient (Wildman–Crippen LogP) is 5.40. The molecule has 0 spiro atoms. The zero-order valence-electron chi connectivity index (χ0n) is 19.6. The lowest BCUT2D eigenvalue weighted by molar-refractivity contribution is -0.192. The van der Waals surface area contributed by atoms with Crippen molar-refractivity contribution in [2.45, 2.75) is 31.7 Å². The molecule has 3 heterocycles. The molecule has 0 radical (unpaired) electrons. The van der Waals surface area contributed by atoms with Crippen LogP contribution >= 0.6 is 0 Å². The topological polar surface area (TPSA) is 107 Å². The number of fused-ring (bicyclic) bond motifs is 1. The molecule has 0 amide bonds. The number of aromatic amines is 1. The number of hydrogen-bond acceptors (Lipinski definition) is 6. The molecule has 1 aliphatic rings. The van der Waals surface area contributed by atoms with Gasteiger partial charge in [-0.25, -0.2) is 14.8 Å². The summed E-state index contributed by atoms with van der Waals surface area (Å²) in [6.07, 6.45) is -1.11. The second-order valence-electron chi connectivity index (χ2n) is 8.14. The number of pyridine rings is 1. The maximum atomic E-state index is 10.6. The molecule has 8 nitrogen and oxygen atoms in total. The lowest BCUT2D eigenvalue weighted by atomic mass is 10.1. The molecule has 1 fully saturated rings. The number of rotatable bonds is 7. The number of carbonyl (C=O) groups is 1. The summed E-state index contributed by atoms with van der Waals surface area (Å²) in [6.45, 7) is 1.81. The van der Waals surface area contributed by atoms with Crippen LogP contribution in [-0.4, -0.2) is 51.5 Å². The second kappa shape index (κ2) is 11.7. The molecule has 5 rings (SSSR count). The zero-order valence-corrected chi connectivity index (χ0v) is 19.6. The van der Waals surface area contributed by atoms with E-state index in [0.29, 0.717) is 18.9 Å². The molecular formula is C26H24F3N3O5. The van der Waals surface area contributed by atoms with Crippen molar-refractivity contribution in [3.8, 4) is 22.9 Å². The van der Waals surface area contributed by atoms with Gasteiger partial charge in [0.1, 0.15) is 30.5 Å². The number of ether oxygens (including phenoxy) is 3. The molecule has 2 aromatic carbocycles. The third kappa shape index (κ3) is 7.20. The normalized spacial score (nSPS) is 15.2. The minimum atomic E-state index is -5.08. The van der Waals surface area contributed by atoms with Crippen LogP contribution in [0.4, 0.5) is 13.2 Å². The Bertz CT molecular complexity index is 1290. The number of alkyl halides is 3. The molecule has 2 aromatic heterocycles. The molecule has 1 atom stereocenters. The number of carboxylic acid groups (broad SMARTS) is 1. The van der Waals surface area contributed by atoms with Crippen LogP contribution in [0.5, 0.6) is 11.5 Å². The third-order valence-electron chi connectivity index (χ3n) is 5.41. The number of nitrogens with zero attached hydrogens (tertiary/aromatic N) is 2. The van der Waals surface area contributed by atoms with E-state index in [4.69, 9.17) is 24.1 Å². The first kappa shape index (κ1) is 26.0. The van der Waals surface area contributed by atoms with Gasteiger partial charge < -0.3 is 24.3 Å². The number of imidazole rings is 1. The average Bonchev–Trinajstić information content (AvgIpc) is 3.56. The lowest BCUT2D eigenvalue weighted by Crippen LogP contribution is -2.21. The van der Waals surface area contributed by atoms with Crippen molar-refractivity contribution in [2.75, 3.05) is 13.2 Å². The van der Waals surface area contributed by atoms with Crippen LogP contribution < -0.4 is 9.47 Å². The van der Waals surface area contributed by atoms with Crippen molar-refractivity contribution in [1.29, 1.82) is 0 Å². The van der Waals surface area contributed by atoms with E-state index in [0.717, 1.165) is 53.4 Å². The van der Waals surface area contributed by atoms with E-state index in [9.17, 15) is 13.2 Å². The van der Waals surface area contributed by atoms with E-state index in [1.807, 2.05) is 60.7 Å². The molecule has 1 aliphatic heterocycles. The van der Waals surface area contributed by atoms with Gasteiger partial charge in [-0.3, -0.25) is 0 Å². The smallest absolute Gasteiger partial charge is 0.490 e. The van der Waals surface area contributed by atoms with E-state index in [2.05, 4.69) is 15.0 Å². The van der Waals surface area contributed by atoms with Crippen LogP contribution in [0.15, 0.2) is 66.9 Å². The lowest BCUT2D eigenvalue weighted by Gasteiger charge is -2.15. The molecular weight excluding hydrogens is 491 g/mol. The van der Waals surface area contributed by atoms with Crippen LogP contribution in [0.3, 0.4) is 0 Å². The Balaban J connectivity index is 0.000000405. The quantitative estimate of drug-likeness (QED) is 0.340. The van der Waals surface area contributed by atoms with Crippen LogP contribution in [0.1, 0.15) is 18.4 Å². The minimum absolute atomic E-state index is 0.129. The summed E-state index contributed by atoms with van der Waals surface area (Å²) in [4.78, 5) is 21.2. The summed E-state index contributed by atoms with van der Waals surface area (Å²) >= 11 is 0. The van der Waals surface area contributed by atoms with Crippen molar-refractivity contribution in [3.05, 3.63) is 72.4 Å². The summed E-state index contributed by atoms with van der Waals surface area (Å²) in [5.74, 6) is -0.567. The monoisotopic (exact) mass is 515 g/mol. The van der Waals surface area contributed by atoms with Crippen molar-refractivity contribution < 1.29 is 37.3 Å². The van der Waals surface area contributed by atoms with Crippen LogP contribution in [-0.2, 0) is 16.1 Å². The zero-order chi connectivity index (χ0) is 26.3. The molecule has 4 aromatic rings. The van der Waals surface area contributed by atoms with E-state index in [-0.39, 0.29) is 6.10 Å². The van der Waals surface area contributed by atoms with Gasteiger partial charge >= 0.3 is 12.1 Å². The minimum Gasteiger partial charge on any atom is -0.490 e. The van der Waals surface area contributed by atoms with Gasteiger partial charge in [0.25, 0.3) is 0 Å². The first-order valence-electron chi connectivity index (χ1n) is 11.5. The largest absolute Gasteiger partial charge is 0.490 e. The summed E-state index contributed by atoms with van der Waals surface area (Å²) in [5, 5.41) is 7.12. The van der Waals surface area contributed by atoms with Gasteiger partial charge in [-0.15, -0.1) is 0 Å². The fourth-order valence-electron chi connectivity index (χ4n) is 3.58. The number of H-pyrrole nitrogens is 1. The number of benzene rings is 2. The maximum Gasteiger partial charge on any atom is 0.490 e. The van der Waals surface area contributed by atoms with Gasteiger partial charge in [0.05, 0.1) is 17.2 Å². The van der Waals surface area contributed by atoms with Crippen LogP contribution in [0.2, 0.25) is 0 Å². The average molecular weight is 515 g/mol. The highest BCUT2D eigenvalue weighted by molar-refractivity contribution is 5.77. The number of aliphatic carboxylic acids is 1. The fourth-order valence-corrected chi connectivity index (χ4v) is 3.58. The van der Waals surface area contributed by atoms with Crippen molar-refractivity contribution in [2.24, 2.45) is 0 Å². The maximum absolute atomic E-state index is 10.6. The first-order valence-corrected chi connectivity index (χ1v) is 11.5. The molecule has 1 saturated heterocycles. The third-order valence-corrected chi connectivity index (χ3v) is 5.41. The molecule has 1 unspecified atom stereocenters. The number of carboxylic acids is 1. The van der Waals surface area contributed by atoms with Crippen molar-refractivity contribution in [3.63, 3.8) is 0 Å². The molecule has 194 valence electrons. The molecule has 2 N–H and O–H groups in total. The van der Waals surface area contributed by atoms with E-state index >= 15 is 0 Å². The Kier molecular flexibility index (Phi) is 8.24. The number of halogens is 3. The Labute approximate surface area is 210 Å². The Morgan fingerprint density at radius 1 is 1.11 bits per heavy atom. The molecule has 0 aliphatic carbocycles. The van der Waals surface area contributed by atoms with Crippen LogP contribution in [0, 0.1) is 0 Å². The Hall–Kier alpha value is -4.12. The molecule has 0 saturated carbocycles. The molecule has 37 heavy (non-hydrogen) atoms. The molecule has 11 heteroatoms. The fraction of sp³-hybridized carbons (Fsp3) is 0.269. The van der Waals surface area contributed by atoms with Gasteiger partial charge in [0.15, 0.2) is 5.65 Å². The SMILES string of the molecule is O=C(O)C(F)(F)F.c1ccc(COc2ccc(-c3nc4ncccc4[nH]3)c(OCC3CCCO3)c2)cc1. The standard InChI is InChI=1S/C24H23N3O3.C2HF3O2/c1-2-6-17(7-3-1)15-29-18-10-11-20(22(14-18)30-16-19-8-5-13-28-19)23-26-21-9-4-12-25-24(21)27-23;3-2(4,5)1(6)7/h1-4,6-7,9-12,14,19H,5,8,13,15-16H2,(H,25,26,27);(H,6,7). The van der Waals surface area contributed by atoms with E-state index in [1.165, 1.54) is 0 Å². The Morgan fingerprint density at radius 3 is 2.57 bits per heavy atom. The van der Waals surface area contributed by atoms with E-state index in [1.54, 1.807) is 6.20 Å². The van der Waals surface area contributed by atoms with Crippen LogP contribution in [0.25, 0.3) is 22.6 Å². The first-order chi connectivity index (χ1) is 17.8. The highest BCUT2D eigenvalue weighted by Crippen LogP contribution is 2.33. The van der Waals surface area contributed by atoms with E-state index < -0.39 is 12.1 Å². The van der Waals surface area contributed by atoms with Gasteiger partial charge in [-0.05, 0) is 42.7 Å². The second-order valence-corrected chi connectivity index (χ2v) is 8.14. The van der Waals surface area contributed by atoms with Gasteiger partial charge in [-0.2, -0.15) is 13.2 Å². The van der Waals surface area contributed by atoms with Gasteiger partial charge in [0.2, 0.25) is 0 Å². The summed E-state index contributed by atoms with van der Waals surface area (Å²) in [5.41, 5.74) is 3.56. The highest BCUT2D eigenvalue weighted by Gasteiger charge is 2.38. The van der Waals surface area contributed by atoms with Crippen molar-refractivity contribution >= 4 is 17.1 Å². The van der Waals surface area contributed by atoms with Gasteiger partial charge in [0, 0.05) is 18.9 Å². The number of hydrogen-bond donors (Lipinski definition) is 2. The Morgan fingerprint density at radius 2 is 1.89 bits per heavy atom. The van der Waals surface area contributed by atoms with Crippen molar-refractivity contribution in [1.82, 2.24) is 15.0 Å². The predicted molar refractivity (Wildman–Crippen MR) is 128 cm³/mol.